The minimum atomic E-state index is -4.89. The van der Waals surface area contributed by atoms with Crippen LogP contribution in [0.3, 0.4) is 0 Å². The number of carbonyl (C=O) groups excluding carboxylic acids is 2. The average molecular weight is 514 g/mol. The molecule has 0 aliphatic carbocycles. The number of anilines is 1. The number of hydrogen-bond donors (Lipinski definition) is 2. The van der Waals surface area contributed by atoms with Crippen molar-refractivity contribution in [1.82, 2.24) is 20.1 Å². The van der Waals surface area contributed by atoms with Crippen LogP contribution in [-0.4, -0.2) is 61.9 Å². The van der Waals surface area contributed by atoms with Gasteiger partial charge < -0.3 is 10.0 Å². The second kappa shape index (κ2) is 9.81. The van der Waals surface area contributed by atoms with Crippen molar-refractivity contribution in [2.24, 2.45) is 0 Å². The molecule has 1 aliphatic heterocycles. The van der Waals surface area contributed by atoms with Crippen LogP contribution in [0.15, 0.2) is 12.1 Å². The van der Waals surface area contributed by atoms with Gasteiger partial charge in [-0.1, -0.05) is 32.1 Å². The molecule has 192 valence electrons. The number of nitrogens with zero attached hydrogens (tertiary/aromatic N) is 4. The summed E-state index contributed by atoms with van der Waals surface area (Å²) in [6, 6.07) is 3.42. The summed E-state index contributed by atoms with van der Waals surface area (Å²) < 4.78 is 38.8. The molecular formula is C23H30F3N5O3S. The molecule has 0 aromatic carbocycles. The zero-order valence-corrected chi connectivity index (χ0v) is 21.2. The Labute approximate surface area is 206 Å². The normalized spacial score (nSPS) is 17.2. The van der Waals surface area contributed by atoms with Crippen molar-refractivity contribution in [3.8, 4) is 0 Å². The van der Waals surface area contributed by atoms with Gasteiger partial charge in [0.15, 0.2) is 5.60 Å². The first-order valence-corrected chi connectivity index (χ1v) is 12.1. The van der Waals surface area contributed by atoms with Crippen molar-refractivity contribution in [3.63, 3.8) is 0 Å². The molecule has 3 heterocycles. The Kier molecular flexibility index (Phi) is 7.56. The quantitative estimate of drug-likeness (QED) is 0.621. The molecule has 8 nitrogen and oxygen atoms in total. The number of likely N-dealkylation sites (tertiary alicyclic amines) is 1. The average Bonchev–Trinajstić information content (AvgIpc) is 3.21. The lowest BCUT2D eigenvalue weighted by atomic mass is 9.89. The molecule has 0 spiro atoms. The van der Waals surface area contributed by atoms with Gasteiger partial charge in [0, 0.05) is 30.1 Å². The predicted molar refractivity (Wildman–Crippen MR) is 125 cm³/mol. The van der Waals surface area contributed by atoms with E-state index < -0.39 is 24.1 Å². The highest BCUT2D eigenvalue weighted by molar-refractivity contribution is 7.15. The van der Waals surface area contributed by atoms with Crippen LogP contribution in [0, 0.1) is 6.92 Å². The number of halogens is 3. The number of hydrogen-bond acceptors (Lipinski definition) is 7. The maximum Gasteiger partial charge on any atom is 0.417 e. The summed E-state index contributed by atoms with van der Waals surface area (Å²) in [7, 11) is 0. The summed E-state index contributed by atoms with van der Waals surface area (Å²) in [6.07, 6.45) is -5.06. The van der Waals surface area contributed by atoms with Crippen molar-refractivity contribution in [1.29, 1.82) is 0 Å². The highest BCUT2D eigenvalue weighted by atomic mass is 32.1. The molecule has 1 fully saturated rings. The first kappa shape index (κ1) is 27.0. The SMILES string of the molecule is Cc1ccc(C(=O)Nc2nnc(C(C)(C)C)s2)c(C2CCN(C(=O)CC(C)(O)C(F)(F)F)CC2)n1. The topological polar surface area (TPSA) is 108 Å². The molecule has 2 N–H and O–H groups in total. The van der Waals surface area contributed by atoms with E-state index in [-0.39, 0.29) is 30.3 Å². The smallest absolute Gasteiger partial charge is 0.380 e. The zero-order chi connectivity index (χ0) is 26.2. The summed E-state index contributed by atoms with van der Waals surface area (Å²) in [5.41, 5.74) is -1.59. The van der Waals surface area contributed by atoms with Crippen molar-refractivity contribution >= 4 is 28.3 Å². The lowest BCUT2D eigenvalue weighted by molar-refractivity contribution is -0.254. The Morgan fingerprint density at radius 2 is 1.77 bits per heavy atom. The number of nitrogens with one attached hydrogen (secondary N) is 1. The van der Waals surface area contributed by atoms with E-state index in [9.17, 15) is 27.9 Å². The van der Waals surface area contributed by atoms with Crippen LogP contribution in [0.4, 0.5) is 18.3 Å². The van der Waals surface area contributed by atoms with Crippen LogP contribution in [-0.2, 0) is 10.2 Å². The molecule has 1 atom stereocenters. The van der Waals surface area contributed by atoms with E-state index in [2.05, 4.69) is 20.5 Å². The minimum Gasteiger partial charge on any atom is -0.380 e. The maximum atomic E-state index is 13.1. The number of rotatable bonds is 5. The second-order valence-electron chi connectivity index (χ2n) is 10.1. The summed E-state index contributed by atoms with van der Waals surface area (Å²) >= 11 is 1.30. The number of aryl methyl sites for hydroxylation is 1. The molecule has 12 heteroatoms. The van der Waals surface area contributed by atoms with Crippen molar-refractivity contribution in [3.05, 3.63) is 34.1 Å². The largest absolute Gasteiger partial charge is 0.417 e. The summed E-state index contributed by atoms with van der Waals surface area (Å²) in [5, 5.41) is 21.8. The van der Waals surface area contributed by atoms with Crippen LogP contribution in [0.2, 0.25) is 0 Å². The molecule has 3 rings (SSSR count). The molecule has 2 amide bonds. The van der Waals surface area contributed by atoms with Gasteiger partial charge in [-0.05, 0) is 38.8 Å². The van der Waals surface area contributed by atoms with Gasteiger partial charge in [-0.25, -0.2) is 0 Å². The summed E-state index contributed by atoms with van der Waals surface area (Å²) in [4.78, 5) is 31.3. The van der Waals surface area contributed by atoms with E-state index in [4.69, 9.17) is 0 Å². The number of piperidine rings is 1. The van der Waals surface area contributed by atoms with Crippen LogP contribution >= 0.6 is 11.3 Å². The highest BCUT2D eigenvalue weighted by Crippen LogP contribution is 2.35. The molecule has 2 aromatic rings. The summed E-state index contributed by atoms with van der Waals surface area (Å²) in [5.74, 6) is -1.28. The minimum absolute atomic E-state index is 0.151. The fourth-order valence-electron chi connectivity index (χ4n) is 3.73. The number of amides is 2. The molecule has 1 saturated heterocycles. The fourth-order valence-corrected chi connectivity index (χ4v) is 4.53. The first-order chi connectivity index (χ1) is 16.1. The van der Waals surface area contributed by atoms with Crippen LogP contribution in [0.1, 0.15) is 79.6 Å². The van der Waals surface area contributed by atoms with Crippen LogP contribution in [0.5, 0.6) is 0 Å². The standard InChI is InChI=1S/C23H30F3N5O3S/c1-13-6-7-15(18(33)28-20-30-29-19(35-20)21(2,3)4)17(27-13)14-8-10-31(11-9-14)16(32)12-22(5,34)23(24,25)26/h6-7,14,34H,8-12H2,1-5H3,(H,28,30,33). The number of aliphatic hydroxyl groups is 1. The van der Waals surface area contributed by atoms with E-state index in [1.807, 2.05) is 27.7 Å². The molecule has 1 unspecified atom stereocenters. The number of aromatic nitrogens is 3. The van der Waals surface area contributed by atoms with Gasteiger partial charge >= 0.3 is 6.18 Å². The zero-order valence-electron chi connectivity index (χ0n) is 20.4. The number of pyridine rings is 1. The number of alkyl halides is 3. The van der Waals surface area contributed by atoms with Crippen LogP contribution in [0.25, 0.3) is 0 Å². The molecular weight excluding hydrogens is 483 g/mol. The Bertz CT molecular complexity index is 1090. The first-order valence-electron chi connectivity index (χ1n) is 11.3. The Morgan fingerprint density at radius 1 is 1.14 bits per heavy atom. The monoisotopic (exact) mass is 513 g/mol. The van der Waals surface area contributed by atoms with Gasteiger partial charge in [0.1, 0.15) is 5.01 Å². The summed E-state index contributed by atoms with van der Waals surface area (Å²) in [6.45, 7) is 8.83. The van der Waals surface area contributed by atoms with Crippen molar-refractivity contribution in [2.45, 2.75) is 77.0 Å². The van der Waals surface area contributed by atoms with Gasteiger partial charge in [0.2, 0.25) is 11.0 Å². The van der Waals surface area contributed by atoms with E-state index in [0.29, 0.717) is 36.2 Å². The van der Waals surface area contributed by atoms with Gasteiger partial charge in [-0.2, -0.15) is 13.2 Å². The maximum absolute atomic E-state index is 13.1. The van der Waals surface area contributed by atoms with Gasteiger partial charge in [-0.3, -0.25) is 19.9 Å². The van der Waals surface area contributed by atoms with E-state index >= 15 is 0 Å². The van der Waals surface area contributed by atoms with Crippen LogP contribution < -0.4 is 5.32 Å². The van der Waals surface area contributed by atoms with E-state index in [1.165, 1.54) is 16.2 Å². The van der Waals surface area contributed by atoms with Crippen molar-refractivity contribution in [2.75, 3.05) is 18.4 Å². The Hall–Kier alpha value is -2.60. The molecule has 1 aliphatic rings. The highest BCUT2D eigenvalue weighted by Gasteiger charge is 2.51. The third-order valence-corrected chi connectivity index (χ3v) is 7.20. The molecule has 0 radical (unpaired) electrons. The van der Waals surface area contributed by atoms with Crippen molar-refractivity contribution < 1.29 is 27.9 Å². The van der Waals surface area contributed by atoms with Gasteiger partial charge in [-0.15, -0.1) is 10.2 Å². The lowest BCUT2D eigenvalue weighted by Crippen LogP contribution is -2.48. The molecule has 0 bridgehead atoms. The van der Waals surface area contributed by atoms with E-state index in [0.717, 1.165) is 10.7 Å². The molecule has 35 heavy (non-hydrogen) atoms. The third kappa shape index (κ3) is 6.35. The van der Waals surface area contributed by atoms with Gasteiger partial charge in [0.05, 0.1) is 17.7 Å². The number of carbonyl (C=O) groups is 2. The molecule has 2 aromatic heterocycles. The van der Waals surface area contributed by atoms with E-state index in [1.54, 1.807) is 12.1 Å². The fraction of sp³-hybridized carbons (Fsp3) is 0.609. The Balaban J connectivity index is 1.70. The second-order valence-corrected chi connectivity index (χ2v) is 11.1. The van der Waals surface area contributed by atoms with Gasteiger partial charge in [0.25, 0.3) is 5.91 Å². The lowest BCUT2D eigenvalue weighted by Gasteiger charge is -2.34. The third-order valence-electron chi connectivity index (χ3n) is 5.94. The Morgan fingerprint density at radius 3 is 2.31 bits per heavy atom. The predicted octanol–water partition coefficient (Wildman–Crippen LogP) is 4.20. The molecule has 0 saturated carbocycles.